The number of carboxylic acids is 1. The number of nitrogens with zero attached hydrogens (tertiary/aromatic N) is 1. The first-order chi connectivity index (χ1) is 13.3. The van der Waals surface area contributed by atoms with Crippen LogP contribution in [-0.4, -0.2) is 40.6 Å². The number of rotatable bonds is 5. The van der Waals surface area contributed by atoms with Gasteiger partial charge in [-0.3, -0.25) is 4.79 Å². The van der Waals surface area contributed by atoms with Crippen molar-refractivity contribution in [3.8, 4) is 16.9 Å². The summed E-state index contributed by atoms with van der Waals surface area (Å²) in [6.45, 7) is 4.00. The lowest BCUT2D eigenvalue weighted by atomic mass is 10.0. The number of carboxylic acid groups (broad SMARTS) is 1. The smallest absolute Gasteiger partial charge is 0.344 e. The van der Waals surface area contributed by atoms with E-state index in [1.54, 1.807) is 11.0 Å². The van der Waals surface area contributed by atoms with Gasteiger partial charge in [0.05, 0.1) is 10.6 Å². The predicted octanol–water partition coefficient (Wildman–Crippen LogP) is 4.62. The average Bonchev–Trinajstić information content (AvgIpc) is 3.08. The molecule has 148 valence electrons. The summed E-state index contributed by atoms with van der Waals surface area (Å²) < 4.78 is 19.3. The second-order valence-electron chi connectivity index (χ2n) is 6.93. The first-order valence-corrected chi connectivity index (χ1v) is 9.45. The quantitative estimate of drug-likeness (QED) is 0.788. The second-order valence-corrected chi connectivity index (χ2v) is 7.33. The Morgan fingerprint density at radius 3 is 2.68 bits per heavy atom. The van der Waals surface area contributed by atoms with Crippen molar-refractivity contribution in [3.05, 3.63) is 52.8 Å². The molecule has 3 rings (SSSR count). The Bertz CT molecular complexity index is 917. The van der Waals surface area contributed by atoms with Crippen LogP contribution >= 0.6 is 11.6 Å². The Balaban J connectivity index is 2.08. The molecule has 2 atom stereocenters. The molecule has 0 spiro atoms. The summed E-state index contributed by atoms with van der Waals surface area (Å²) in [6, 6.07) is 8.88. The molecule has 5 nitrogen and oxygen atoms in total. The first-order valence-electron chi connectivity index (χ1n) is 9.08. The number of hydrogen-bond acceptors (Lipinski definition) is 3. The Morgan fingerprint density at radius 1 is 1.32 bits per heavy atom. The molecule has 0 aliphatic carbocycles. The van der Waals surface area contributed by atoms with Gasteiger partial charge >= 0.3 is 5.97 Å². The fourth-order valence-electron chi connectivity index (χ4n) is 3.33. The Morgan fingerprint density at radius 2 is 2.07 bits per heavy atom. The summed E-state index contributed by atoms with van der Waals surface area (Å²) in [6.07, 6.45) is 0.692. The van der Waals surface area contributed by atoms with Crippen LogP contribution in [0, 0.1) is 5.82 Å². The zero-order chi connectivity index (χ0) is 20.4. The van der Waals surface area contributed by atoms with Gasteiger partial charge in [0.2, 0.25) is 0 Å². The Hall–Kier alpha value is -2.60. The highest BCUT2D eigenvalue weighted by atomic mass is 35.5. The highest BCUT2D eigenvalue weighted by Crippen LogP contribution is 2.37. The van der Waals surface area contributed by atoms with Gasteiger partial charge in [-0.25, -0.2) is 9.18 Å². The maximum atomic E-state index is 13.7. The molecule has 1 amide bonds. The van der Waals surface area contributed by atoms with Gasteiger partial charge in [-0.2, -0.15) is 0 Å². The molecule has 1 N–H and O–H groups in total. The van der Waals surface area contributed by atoms with Gasteiger partial charge in [0.15, 0.2) is 6.10 Å². The highest BCUT2D eigenvalue weighted by Gasteiger charge is 2.29. The molecule has 1 heterocycles. The van der Waals surface area contributed by atoms with Crippen LogP contribution in [0.2, 0.25) is 5.02 Å². The normalized spacial score (nSPS) is 17.4. The zero-order valence-corrected chi connectivity index (χ0v) is 16.4. The summed E-state index contributed by atoms with van der Waals surface area (Å²) >= 11 is 6.40. The third-order valence-corrected chi connectivity index (χ3v) is 5.21. The van der Waals surface area contributed by atoms with Crippen LogP contribution in [0.15, 0.2) is 36.4 Å². The molecule has 0 aromatic heterocycles. The van der Waals surface area contributed by atoms with Crippen LogP contribution in [-0.2, 0) is 4.79 Å². The Labute approximate surface area is 167 Å². The summed E-state index contributed by atoms with van der Waals surface area (Å²) in [4.78, 5) is 26.0. The van der Waals surface area contributed by atoms with E-state index in [0.717, 1.165) is 12.8 Å². The largest absolute Gasteiger partial charge is 0.479 e. The summed E-state index contributed by atoms with van der Waals surface area (Å²) in [7, 11) is 0. The molecule has 0 radical (unpaired) electrons. The van der Waals surface area contributed by atoms with E-state index >= 15 is 0 Å². The van der Waals surface area contributed by atoms with Crippen molar-refractivity contribution < 1.29 is 23.8 Å². The standard InChI is InChI=1S/C21H21ClFNO4/c1-12-5-4-8-24(12)20(25)17-11-19(28-13(2)21(26)27)16(10-18(17)22)14-6-3-7-15(23)9-14/h3,6-7,9-13H,4-5,8H2,1-2H3,(H,26,27)/t12-,13-/m0/s1. The van der Waals surface area contributed by atoms with Crippen LogP contribution in [0.3, 0.4) is 0 Å². The number of benzene rings is 2. The molecule has 1 aliphatic rings. The maximum Gasteiger partial charge on any atom is 0.344 e. The van der Waals surface area contributed by atoms with Crippen molar-refractivity contribution in [1.29, 1.82) is 0 Å². The van der Waals surface area contributed by atoms with Gasteiger partial charge in [0, 0.05) is 18.2 Å². The van der Waals surface area contributed by atoms with Crippen molar-refractivity contribution in [2.75, 3.05) is 6.54 Å². The fraction of sp³-hybridized carbons (Fsp3) is 0.333. The summed E-state index contributed by atoms with van der Waals surface area (Å²) in [5.74, 6) is -1.66. The number of halogens is 2. The van der Waals surface area contributed by atoms with Gasteiger partial charge < -0.3 is 14.7 Å². The molecule has 1 aliphatic heterocycles. The van der Waals surface area contributed by atoms with Gasteiger partial charge in [-0.15, -0.1) is 0 Å². The summed E-state index contributed by atoms with van der Waals surface area (Å²) in [5, 5.41) is 9.41. The maximum absolute atomic E-state index is 13.7. The van der Waals surface area contributed by atoms with E-state index in [9.17, 15) is 19.1 Å². The number of carbonyl (C=O) groups is 2. The van der Waals surface area contributed by atoms with Crippen molar-refractivity contribution in [2.24, 2.45) is 0 Å². The van der Waals surface area contributed by atoms with E-state index in [-0.39, 0.29) is 28.3 Å². The Kier molecular flexibility index (Phi) is 5.89. The first kappa shape index (κ1) is 20.1. The molecular weight excluding hydrogens is 385 g/mol. The van der Waals surface area contributed by atoms with Crippen molar-refractivity contribution in [2.45, 2.75) is 38.8 Å². The SMILES string of the molecule is C[C@H](Oc1cc(C(=O)N2CCC[C@@H]2C)c(Cl)cc1-c1cccc(F)c1)C(=O)O. The molecule has 7 heteroatoms. The van der Waals surface area contributed by atoms with Crippen LogP contribution in [0.4, 0.5) is 4.39 Å². The number of ether oxygens (including phenoxy) is 1. The fourth-order valence-corrected chi connectivity index (χ4v) is 3.57. The minimum Gasteiger partial charge on any atom is -0.479 e. The number of likely N-dealkylation sites (tertiary alicyclic amines) is 1. The van der Waals surface area contributed by atoms with E-state index in [0.29, 0.717) is 17.7 Å². The number of hydrogen-bond donors (Lipinski definition) is 1. The lowest BCUT2D eigenvalue weighted by Gasteiger charge is -2.23. The minimum absolute atomic E-state index is 0.105. The van der Waals surface area contributed by atoms with Gasteiger partial charge in [-0.05, 0) is 56.5 Å². The molecular formula is C21H21ClFNO4. The molecule has 0 bridgehead atoms. The van der Waals surface area contributed by atoms with Crippen molar-refractivity contribution in [1.82, 2.24) is 4.90 Å². The lowest BCUT2D eigenvalue weighted by Crippen LogP contribution is -2.33. The topological polar surface area (TPSA) is 66.8 Å². The van der Waals surface area contributed by atoms with Crippen LogP contribution < -0.4 is 4.74 Å². The zero-order valence-electron chi connectivity index (χ0n) is 15.6. The molecule has 28 heavy (non-hydrogen) atoms. The van der Waals surface area contributed by atoms with Gasteiger partial charge in [0.25, 0.3) is 5.91 Å². The number of aliphatic carboxylic acids is 1. The monoisotopic (exact) mass is 405 g/mol. The van der Waals surface area contributed by atoms with Gasteiger partial charge in [-0.1, -0.05) is 23.7 Å². The van der Waals surface area contributed by atoms with E-state index in [4.69, 9.17) is 16.3 Å². The van der Waals surface area contributed by atoms with E-state index in [1.165, 1.54) is 37.3 Å². The molecule has 0 saturated carbocycles. The highest BCUT2D eigenvalue weighted by molar-refractivity contribution is 6.34. The average molecular weight is 406 g/mol. The third kappa shape index (κ3) is 4.12. The molecule has 0 unspecified atom stereocenters. The molecule has 2 aromatic rings. The molecule has 2 aromatic carbocycles. The number of amides is 1. The van der Waals surface area contributed by atoms with E-state index in [2.05, 4.69) is 0 Å². The van der Waals surface area contributed by atoms with Crippen LogP contribution in [0.5, 0.6) is 5.75 Å². The van der Waals surface area contributed by atoms with Crippen LogP contribution in [0.1, 0.15) is 37.0 Å². The van der Waals surface area contributed by atoms with Crippen molar-refractivity contribution in [3.63, 3.8) is 0 Å². The minimum atomic E-state index is -1.15. The van der Waals surface area contributed by atoms with Crippen LogP contribution in [0.25, 0.3) is 11.1 Å². The van der Waals surface area contributed by atoms with Gasteiger partial charge in [0.1, 0.15) is 11.6 Å². The van der Waals surface area contributed by atoms with E-state index < -0.39 is 17.9 Å². The molecule has 1 saturated heterocycles. The summed E-state index contributed by atoms with van der Waals surface area (Å²) in [5.41, 5.74) is 1.13. The van der Waals surface area contributed by atoms with Crippen molar-refractivity contribution >= 4 is 23.5 Å². The van der Waals surface area contributed by atoms with E-state index in [1.807, 2.05) is 6.92 Å². The second kappa shape index (κ2) is 8.19. The molecule has 1 fully saturated rings. The number of carbonyl (C=O) groups excluding carboxylic acids is 1. The predicted molar refractivity (Wildman–Crippen MR) is 104 cm³/mol. The third-order valence-electron chi connectivity index (χ3n) is 4.90. The lowest BCUT2D eigenvalue weighted by molar-refractivity contribution is -0.144.